The van der Waals surface area contributed by atoms with Crippen LogP contribution in [0.25, 0.3) is 5.57 Å². The van der Waals surface area contributed by atoms with Crippen molar-refractivity contribution in [3.05, 3.63) is 74.3 Å². The highest BCUT2D eigenvalue weighted by molar-refractivity contribution is 6.60. The first-order chi connectivity index (χ1) is 11.4. The molecule has 6 nitrogen and oxygen atoms in total. The molecule has 0 radical (unpaired) electrons. The molecule has 120 valence electrons. The van der Waals surface area contributed by atoms with Gasteiger partial charge < -0.3 is 0 Å². The number of amides is 2. The lowest BCUT2D eigenvalue weighted by molar-refractivity contribution is -0.384. The summed E-state index contributed by atoms with van der Waals surface area (Å²) in [5.41, 5.74) is 0.554. The minimum atomic E-state index is -0.655. The second-order valence-corrected chi connectivity index (χ2v) is 5.73. The van der Waals surface area contributed by atoms with Crippen LogP contribution in [0.3, 0.4) is 0 Å². The molecule has 0 unspecified atom stereocenters. The Balaban J connectivity index is 2.00. The predicted octanol–water partition coefficient (Wildman–Crippen LogP) is 3.77. The van der Waals surface area contributed by atoms with E-state index in [-0.39, 0.29) is 16.3 Å². The average Bonchev–Trinajstić information content (AvgIpc) is 2.78. The normalized spacial score (nSPS) is 14.5. The molecule has 2 aromatic rings. The van der Waals surface area contributed by atoms with E-state index in [9.17, 15) is 19.7 Å². The van der Waals surface area contributed by atoms with Gasteiger partial charge in [0.1, 0.15) is 5.03 Å². The number of anilines is 1. The third kappa shape index (κ3) is 2.66. The maximum atomic E-state index is 12.6. The van der Waals surface area contributed by atoms with E-state index in [1.165, 1.54) is 36.4 Å². The van der Waals surface area contributed by atoms with Gasteiger partial charge in [-0.1, -0.05) is 23.2 Å². The Bertz CT molecular complexity index is 889. The van der Waals surface area contributed by atoms with Crippen molar-refractivity contribution in [1.82, 2.24) is 0 Å². The van der Waals surface area contributed by atoms with Crippen molar-refractivity contribution in [2.45, 2.75) is 0 Å². The van der Waals surface area contributed by atoms with E-state index >= 15 is 0 Å². The summed E-state index contributed by atoms with van der Waals surface area (Å²) in [4.78, 5) is 36.1. The van der Waals surface area contributed by atoms with Gasteiger partial charge in [-0.2, -0.15) is 0 Å². The first kappa shape index (κ1) is 16.2. The van der Waals surface area contributed by atoms with E-state index in [1.807, 2.05) is 0 Å². The molecular weight excluding hydrogens is 355 g/mol. The number of carbonyl (C=O) groups excluding carboxylic acids is 2. The van der Waals surface area contributed by atoms with E-state index in [1.54, 1.807) is 12.1 Å². The number of benzene rings is 2. The fourth-order valence-corrected chi connectivity index (χ4v) is 2.73. The second kappa shape index (κ2) is 6.07. The van der Waals surface area contributed by atoms with E-state index < -0.39 is 16.7 Å². The van der Waals surface area contributed by atoms with E-state index in [0.717, 1.165) is 4.90 Å². The van der Waals surface area contributed by atoms with Gasteiger partial charge in [0, 0.05) is 17.2 Å². The zero-order valence-electron chi connectivity index (χ0n) is 11.9. The van der Waals surface area contributed by atoms with Crippen LogP contribution in [-0.4, -0.2) is 16.7 Å². The molecule has 1 aliphatic rings. The van der Waals surface area contributed by atoms with Crippen molar-refractivity contribution in [2.24, 2.45) is 0 Å². The molecule has 8 heteroatoms. The molecule has 0 bridgehead atoms. The zero-order valence-corrected chi connectivity index (χ0v) is 13.4. The van der Waals surface area contributed by atoms with Crippen molar-refractivity contribution in [3.63, 3.8) is 0 Å². The smallest absolute Gasteiger partial charge is 0.268 e. The Morgan fingerprint density at radius 1 is 0.875 bits per heavy atom. The van der Waals surface area contributed by atoms with Crippen molar-refractivity contribution in [1.29, 1.82) is 0 Å². The van der Waals surface area contributed by atoms with Gasteiger partial charge in [-0.25, -0.2) is 4.90 Å². The van der Waals surface area contributed by atoms with Crippen molar-refractivity contribution in [2.75, 3.05) is 4.90 Å². The summed E-state index contributed by atoms with van der Waals surface area (Å²) in [5, 5.41) is 10.9. The standard InChI is InChI=1S/C16H8Cl2N2O4/c17-10-3-7-11(8-4-10)19-15(21)13(14(18)16(19)22)9-1-5-12(6-2-9)20(23)24/h1-8H. The number of imide groups is 1. The van der Waals surface area contributed by atoms with E-state index in [0.29, 0.717) is 16.3 Å². The highest BCUT2D eigenvalue weighted by atomic mass is 35.5. The van der Waals surface area contributed by atoms with Crippen LogP contribution in [0.15, 0.2) is 53.6 Å². The summed E-state index contributed by atoms with van der Waals surface area (Å²) in [7, 11) is 0. The maximum Gasteiger partial charge on any atom is 0.277 e. The third-order valence-electron chi connectivity index (χ3n) is 3.48. The molecule has 0 atom stereocenters. The molecule has 0 aliphatic carbocycles. The third-order valence-corrected chi connectivity index (χ3v) is 4.08. The number of non-ortho nitro benzene ring substituents is 1. The topological polar surface area (TPSA) is 80.5 Å². The summed E-state index contributed by atoms with van der Waals surface area (Å²) in [6.45, 7) is 0. The van der Waals surface area contributed by atoms with Crippen LogP contribution in [0.5, 0.6) is 0 Å². The summed E-state index contributed by atoms with van der Waals surface area (Å²) in [6.07, 6.45) is 0. The molecule has 0 N–H and O–H groups in total. The first-order valence-corrected chi connectivity index (χ1v) is 7.44. The van der Waals surface area contributed by atoms with Crippen molar-refractivity contribution < 1.29 is 14.5 Å². The molecule has 2 amide bonds. The van der Waals surface area contributed by atoms with Crippen LogP contribution in [0, 0.1) is 10.1 Å². The van der Waals surface area contributed by atoms with Crippen LogP contribution in [-0.2, 0) is 9.59 Å². The zero-order chi connectivity index (χ0) is 17.4. The molecule has 0 spiro atoms. The van der Waals surface area contributed by atoms with Gasteiger partial charge in [-0.05, 0) is 42.0 Å². The monoisotopic (exact) mass is 362 g/mol. The van der Waals surface area contributed by atoms with Gasteiger partial charge in [0.15, 0.2) is 0 Å². The van der Waals surface area contributed by atoms with Crippen LogP contribution in [0.2, 0.25) is 5.02 Å². The maximum absolute atomic E-state index is 12.6. The van der Waals surface area contributed by atoms with E-state index in [4.69, 9.17) is 23.2 Å². The number of nitrogens with zero attached hydrogens (tertiary/aromatic N) is 2. The fraction of sp³-hybridized carbons (Fsp3) is 0. The first-order valence-electron chi connectivity index (χ1n) is 6.69. The van der Waals surface area contributed by atoms with Gasteiger partial charge in [0.2, 0.25) is 0 Å². The lowest BCUT2D eigenvalue weighted by atomic mass is 10.1. The molecule has 0 fully saturated rings. The van der Waals surface area contributed by atoms with E-state index in [2.05, 4.69) is 0 Å². The lowest BCUT2D eigenvalue weighted by Crippen LogP contribution is -2.31. The Morgan fingerprint density at radius 2 is 1.46 bits per heavy atom. The van der Waals surface area contributed by atoms with Crippen molar-refractivity contribution in [3.8, 4) is 0 Å². The molecule has 0 aromatic heterocycles. The quantitative estimate of drug-likeness (QED) is 0.472. The average molecular weight is 363 g/mol. The van der Waals surface area contributed by atoms with Gasteiger partial charge >= 0.3 is 0 Å². The van der Waals surface area contributed by atoms with Crippen LogP contribution >= 0.6 is 23.2 Å². The SMILES string of the molecule is O=C1C(Cl)=C(c2ccc([N+](=O)[O-])cc2)C(=O)N1c1ccc(Cl)cc1. The van der Waals surface area contributed by atoms with Crippen LogP contribution in [0.1, 0.15) is 5.56 Å². The Labute approximate surface area is 146 Å². The second-order valence-electron chi connectivity index (χ2n) is 4.92. The minimum Gasteiger partial charge on any atom is -0.268 e. The fourth-order valence-electron chi connectivity index (χ4n) is 2.33. The Morgan fingerprint density at radius 3 is 2.00 bits per heavy atom. The molecule has 1 aliphatic heterocycles. The highest BCUT2D eigenvalue weighted by Crippen LogP contribution is 2.35. The Kier molecular flexibility index (Phi) is 4.09. The van der Waals surface area contributed by atoms with Crippen LogP contribution in [0.4, 0.5) is 11.4 Å². The lowest BCUT2D eigenvalue weighted by Gasteiger charge is -2.14. The van der Waals surface area contributed by atoms with Crippen molar-refractivity contribution >= 4 is 52.0 Å². The molecule has 1 heterocycles. The van der Waals surface area contributed by atoms with Gasteiger partial charge in [-0.3, -0.25) is 19.7 Å². The summed E-state index contributed by atoms with van der Waals surface area (Å²) >= 11 is 11.8. The van der Waals surface area contributed by atoms with Crippen LogP contribution < -0.4 is 4.90 Å². The minimum absolute atomic E-state index is 0.00603. The van der Waals surface area contributed by atoms with Gasteiger partial charge in [0.05, 0.1) is 16.2 Å². The highest BCUT2D eigenvalue weighted by Gasteiger charge is 2.39. The largest absolute Gasteiger partial charge is 0.277 e. The number of halogens is 2. The number of nitro groups is 1. The molecule has 0 saturated heterocycles. The molecule has 2 aromatic carbocycles. The molecule has 0 saturated carbocycles. The number of nitro benzene ring substituents is 1. The predicted molar refractivity (Wildman–Crippen MR) is 89.8 cm³/mol. The number of hydrogen-bond acceptors (Lipinski definition) is 4. The number of rotatable bonds is 3. The summed E-state index contributed by atoms with van der Waals surface area (Å²) in [5.74, 6) is -1.25. The number of carbonyl (C=O) groups is 2. The van der Waals surface area contributed by atoms with Gasteiger partial charge in [0.25, 0.3) is 17.5 Å². The molecule has 24 heavy (non-hydrogen) atoms. The van der Waals surface area contributed by atoms with Gasteiger partial charge in [-0.15, -0.1) is 0 Å². The molecule has 3 rings (SSSR count). The summed E-state index contributed by atoms with van der Waals surface area (Å²) < 4.78 is 0. The number of hydrogen-bond donors (Lipinski definition) is 0. The Hall–Kier alpha value is -2.70. The summed E-state index contributed by atoms with van der Waals surface area (Å²) in [6, 6.07) is 11.4. The molecular formula is C16H8Cl2N2O4.